The molecule has 3 atom stereocenters. The molecule has 0 unspecified atom stereocenters. The molecule has 0 amide bonds. The maximum Gasteiger partial charge on any atom is 0.115 e. The molecule has 92 valence electrons. The summed E-state index contributed by atoms with van der Waals surface area (Å²) in [4.78, 5) is 2.62. The third-order valence-corrected chi connectivity index (χ3v) is 4.64. The minimum Gasteiger partial charge on any atom is -0.508 e. The van der Waals surface area contributed by atoms with Gasteiger partial charge >= 0.3 is 0 Å². The lowest BCUT2D eigenvalue weighted by atomic mass is 9.71. The average molecular weight is 231 g/mol. The second-order valence-electron chi connectivity index (χ2n) is 5.65. The van der Waals surface area contributed by atoms with Crippen molar-refractivity contribution in [1.29, 1.82) is 0 Å². The number of benzene rings is 1. The Balaban J connectivity index is 2.01. The van der Waals surface area contributed by atoms with E-state index < -0.39 is 0 Å². The molecule has 1 fully saturated rings. The zero-order valence-corrected chi connectivity index (χ0v) is 10.7. The summed E-state index contributed by atoms with van der Waals surface area (Å²) >= 11 is 0. The molecule has 0 radical (unpaired) electrons. The lowest BCUT2D eigenvalue weighted by molar-refractivity contribution is 0.0925. The second kappa shape index (κ2) is 4.02. The molecule has 0 saturated carbocycles. The van der Waals surface area contributed by atoms with Gasteiger partial charge in [0.15, 0.2) is 0 Å². The molecular formula is C15H21NO. The number of phenolic OH excluding ortho intramolecular Hbond substituents is 1. The van der Waals surface area contributed by atoms with Crippen LogP contribution in [0.5, 0.6) is 5.75 Å². The Kier molecular flexibility index (Phi) is 2.62. The van der Waals surface area contributed by atoms with E-state index in [1.807, 2.05) is 12.1 Å². The zero-order chi connectivity index (χ0) is 12.0. The monoisotopic (exact) mass is 231 g/mol. The predicted molar refractivity (Wildman–Crippen MR) is 69.4 cm³/mol. The summed E-state index contributed by atoms with van der Waals surface area (Å²) in [5.74, 6) is 1.78. The number of likely N-dealkylation sites (tertiary alicyclic amines) is 1. The molecule has 2 aliphatic rings. The summed E-state index contributed by atoms with van der Waals surface area (Å²) in [7, 11) is 0. The summed E-state index contributed by atoms with van der Waals surface area (Å²) in [6.45, 7) is 6.98. The first-order valence-electron chi connectivity index (χ1n) is 6.75. The highest BCUT2D eigenvalue weighted by Crippen LogP contribution is 2.43. The number of piperidine rings is 1. The van der Waals surface area contributed by atoms with Gasteiger partial charge in [-0.2, -0.15) is 0 Å². The van der Waals surface area contributed by atoms with E-state index in [4.69, 9.17) is 0 Å². The highest BCUT2D eigenvalue weighted by atomic mass is 16.3. The lowest BCUT2D eigenvalue weighted by Gasteiger charge is -2.47. The Morgan fingerprint density at radius 2 is 2.24 bits per heavy atom. The number of hydrogen-bond acceptors (Lipinski definition) is 2. The van der Waals surface area contributed by atoms with Crippen LogP contribution in [-0.2, 0) is 6.42 Å². The molecule has 3 rings (SSSR count). The molecule has 2 nitrogen and oxygen atoms in total. The van der Waals surface area contributed by atoms with Crippen LogP contribution in [0.15, 0.2) is 18.2 Å². The summed E-state index contributed by atoms with van der Waals surface area (Å²) in [6.07, 6.45) is 2.43. The number of nitrogens with zero attached hydrogens (tertiary/aromatic N) is 1. The van der Waals surface area contributed by atoms with E-state index in [0.29, 0.717) is 17.6 Å². The number of likely N-dealkylation sites (N-methyl/N-ethyl adjacent to an activating group) is 1. The molecule has 1 heterocycles. The summed E-state index contributed by atoms with van der Waals surface area (Å²) in [5, 5.41) is 9.66. The van der Waals surface area contributed by atoms with Gasteiger partial charge in [-0.15, -0.1) is 0 Å². The van der Waals surface area contributed by atoms with Crippen molar-refractivity contribution in [2.45, 2.75) is 38.6 Å². The van der Waals surface area contributed by atoms with Crippen molar-refractivity contribution in [2.24, 2.45) is 5.92 Å². The molecule has 2 heteroatoms. The molecule has 1 saturated heterocycles. The first-order valence-corrected chi connectivity index (χ1v) is 6.75. The van der Waals surface area contributed by atoms with Crippen molar-refractivity contribution in [2.75, 3.05) is 13.1 Å². The van der Waals surface area contributed by atoms with Crippen LogP contribution in [0, 0.1) is 5.92 Å². The second-order valence-corrected chi connectivity index (χ2v) is 5.65. The highest BCUT2D eigenvalue weighted by Gasteiger charge is 2.38. The molecule has 2 bridgehead atoms. The van der Waals surface area contributed by atoms with Crippen LogP contribution in [0.4, 0.5) is 0 Å². The van der Waals surface area contributed by atoms with Gasteiger partial charge in [0.05, 0.1) is 0 Å². The van der Waals surface area contributed by atoms with Crippen molar-refractivity contribution < 1.29 is 5.11 Å². The van der Waals surface area contributed by atoms with Gasteiger partial charge in [0.25, 0.3) is 0 Å². The Morgan fingerprint density at radius 1 is 1.41 bits per heavy atom. The normalized spacial score (nSPS) is 32.2. The van der Waals surface area contributed by atoms with Gasteiger partial charge in [0, 0.05) is 12.6 Å². The number of fused-ring (bicyclic) bond motifs is 4. The fourth-order valence-corrected chi connectivity index (χ4v) is 3.72. The minimum absolute atomic E-state index is 0.423. The average Bonchev–Trinajstić information content (AvgIpc) is 2.34. The Morgan fingerprint density at radius 3 is 3.00 bits per heavy atom. The van der Waals surface area contributed by atoms with Gasteiger partial charge in [0.1, 0.15) is 5.75 Å². The van der Waals surface area contributed by atoms with Crippen molar-refractivity contribution in [3.05, 3.63) is 29.3 Å². The van der Waals surface area contributed by atoms with E-state index in [0.717, 1.165) is 19.0 Å². The van der Waals surface area contributed by atoms with E-state index in [2.05, 4.69) is 24.8 Å². The van der Waals surface area contributed by atoms with Gasteiger partial charge in [-0.25, -0.2) is 0 Å². The predicted octanol–water partition coefficient (Wildman–Crippen LogP) is 2.76. The minimum atomic E-state index is 0.423. The van der Waals surface area contributed by atoms with E-state index in [-0.39, 0.29) is 0 Å². The standard InChI is InChI=1S/C15H21NO/c1-3-16-9-10(2)14-7-12(16)6-11-4-5-13(17)8-15(11)14/h4-5,8,10,12,14,17H,3,6-7,9H2,1-2H3/t10-,12-,14+/m1/s1. The molecule has 17 heavy (non-hydrogen) atoms. The molecule has 1 aliphatic carbocycles. The molecule has 1 aromatic rings. The maximum atomic E-state index is 9.66. The molecule has 0 aromatic heterocycles. The van der Waals surface area contributed by atoms with Crippen molar-refractivity contribution in [3.8, 4) is 5.75 Å². The number of aromatic hydroxyl groups is 1. The SMILES string of the molecule is CCN1C[C@@H](C)[C@@H]2C[C@H]1Cc1ccc(O)cc12. The fourth-order valence-electron chi connectivity index (χ4n) is 3.72. The van der Waals surface area contributed by atoms with E-state index >= 15 is 0 Å². The van der Waals surface area contributed by atoms with Crippen LogP contribution in [0.2, 0.25) is 0 Å². The molecule has 1 aromatic carbocycles. The van der Waals surface area contributed by atoms with Gasteiger partial charge in [-0.1, -0.05) is 19.9 Å². The highest BCUT2D eigenvalue weighted by molar-refractivity contribution is 5.40. The van der Waals surface area contributed by atoms with E-state index in [9.17, 15) is 5.11 Å². The lowest BCUT2D eigenvalue weighted by Crippen LogP contribution is -2.49. The summed E-state index contributed by atoms with van der Waals surface area (Å²) < 4.78 is 0. The molecular weight excluding hydrogens is 210 g/mol. The van der Waals surface area contributed by atoms with Gasteiger partial charge < -0.3 is 10.0 Å². The Labute approximate surface area is 103 Å². The Hall–Kier alpha value is -1.02. The van der Waals surface area contributed by atoms with Crippen molar-refractivity contribution in [1.82, 2.24) is 4.90 Å². The third-order valence-electron chi connectivity index (χ3n) is 4.64. The van der Waals surface area contributed by atoms with Gasteiger partial charge in [0.2, 0.25) is 0 Å². The van der Waals surface area contributed by atoms with Crippen LogP contribution >= 0.6 is 0 Å². The van der Waals surface area contributed by atoms with Crippen LogP contribution in [0.3, 0.4) is 0 Å². The largest absolute Gasteiger partial charge is 0.508 e. The van der Waals surface area contributed by atoms with Crippen LogP contribution in [-0.4, -0.2) is 29.1 Å². The van der Waals surface area contributed by atoms with Crippen LogP contribution in [0.25, 0.3) is 0 Å². The zero-order valence-electron chi connectivity index (χ0n) is 10.7. The first kappa shape index (κ1) is 11.1. The van der Waals surface area contributed by atoms with Crippen molar-refractivity contribution >= 4 is 0 Å². The summed E-state index contributed by atoms with van der Waals surface area (Å²) in [6, 6.07) is 6.67. The Bertz CT molecular complexity index is 429. The smallest absolute Gasteiger partial charge is 0.115 e. The van der Waals surface area contributed by atoms with E-state index in [1.165, 1.54) is 24.1 Å². The molecule has 1 aliphatic heterocycles. The van der Waals surface area contributed by atoms with E-state index in [1.54, 1.807) is 0 Å². The molecule has 1 N–H and O–H groups in total. The molecule has 0 spiro atoms. The fraction of sp³-hybridized carbons (Fsp3) is 0.600. The quantitative estimate of drug-likeness (QED) is 0.803. The van der Waals surface area contributed by atoms with Crippen molar-refractivity contribution in [3.63, 3.8) is 0 Å². The number of phenols is 1. The van der Waals surface area contributed by atoms with Gasteiger partial charge in [-0.05, 0) is 54.5 Å². The van der Waals surface area contributed by atoms with Gasteiger partial charge in [-0.3, -0.25) is 0 Å². The van der Waals surface area contributed by atoms with Crippen LogP contribution < -0.4 is 0 Å². The topological polar surface area (TPSA) is 23.5 Å². The third kappa shape index (κ3) is 1.75. The van der Waals surface area contributed by atoms with Crippen LogP contribution in [0.1, 0.15) is 37.3 Å². The first-order chi connectivity index (χ1) is 8.19. The summed E-state index contributed by atoms with van der Waals surface area (Å²) in [5.41, 5.74) is 2.86. The number of rotatable bonds is 1. The number of hydrogen-bond donors (Lipinski definition) is 1. The maximum absolute atomic E-state index is 9.66.